The first-order valence-electron chi connectivity index (χ1n) is 7.46. The normalized spacial score (nSPS) is 10.2. The Morgan fingerprint density at radius 1 is 1.09 bits per heavy atom. The lowest BCUT2D eigenvalue weighted by atomic mass is 10.1. The third kappa shape index (κ3) is 5.29. The van der Waals surface area contributed by atoms with Gasteiger partial charge in [-0.15, -0.1) is 0 Å². The molecule has 0 radical (unpaired) electrons. The number of benzene rings is 2. The predicted octanol–water partition coefficient (Wildman–Crippen LogP) is 3.23. The molecule has 0 aliphatic carbocycles. The van der Waals surface area contributed by atoms with Gasteiger partial charge in [0.1, 0.15) is 17.3 Å². The van der Waals surface area contributed by atoms with Crippen LogP contribution in [-0.2, 0) is 11.3 Å². The van der Waals surface area contributed by atoms with Crippen molar-refractivity contribution in [3.05, 3.63) is 59.4 Å². The molecule has 0 bridgehead atoms. The van der Waals surface area contributed by atoms with E-state index in [0.29, 0.717) is 23.5 Å². The molecule has 0 saturated carbocycles. The summed E-state index contributed by atoms with van der Waals surface area (Å²) < 4.78 is 24.1. The van der Waals surface area contributed by atoms with Gasteiger partial charge in [0.05, 0.1) is 6.61 Å². The molecule has 0 saturated heterocycles. The van der Waals surface area contributed by atoms with E-state index in [1.54, 1.807) is 43.3 Å². The molecule has 2 aromatic rings. The number of carbonyl (C=O) groups is 1. The average molecular weight is 317 g/mol. The number of hydrogen-bond acceptors (Lipinski definition) is 3. The van der Waals surface area contributed by atoms with Crippen molar-refractivity contribution in [2.45, 2.75) is 20.4 Å². The van der Waals surface area contributed by atoms with Crippen LogP contribution in [0.3, 0.4) is 0 Å². The van der Waals surface area contributed by atoms with E-state index in [9.17, 15) is 9.18 Å². The van der Waals surface area contributed by atoms with Gasteiger partial charge in [0, 0.05) is 6.54 Å². The Morgan fingerprint density at radius 3 is 2.35 bits per heavy atom. The number of ether oxygens (including phenoxy) is 2. The fraction of sp³-hybridized carbons (Fsp3) is 0.278. The number of aryl methyl sites for hydroxylation is 1. The SMILES string of the molecule is CCOc1ccc(OCC(=O)NCc2ccc(C)c(F)c2)cc1. The van der Waals surface area contributed by atoms with Crippen LogP contribution in [0.1, 0.15) is 18.1 Å². The highest BCUT2D eigenvalue weighted by Gasteiger charge is 2.05. The van der Waals surface area contributed by atoms with Crippen molar-refractivity contribution < 1.29 is 18.7 Å². The van der Waals surface area contributed by atoms with Crippen molar-refractivity contribution in [2.75, 3.05) is 13.2 Å². The van der Waals surface area contributed by atoms with Gasteiger partial charge in [0.15, 0.2) is 6.61 Å². The number of nitrogens with one attached hydrogen (secondary N) is 1. The number of halogens is 1. The first-order valence-corrected chi connectivity index (χ1v) is 7.46. The minimum atomic E-state index is -0.276. The number of carbonyl (C=O) groups excluding carboxylic acids is 1. The van der Waals surface area contributed by atoms with Crippen molar-refractivity contribution in [3.63, 3.8) is 0 Å². The molecule has 5 heteroatoms. The lowest BCUT2D eigenvalue weighted by Crippen LogP contribution is -2.28. The fourth-order valence-electron chi connectivity index (χ4n) is 1.95. The van der Waals surface area contributed by atoms with Gasteiger partial charge in [0.25, 0.3) is 5.91 Å². The highest BCUT2D eigenvalue weighted by atomic mass is 19.1. The zero-order valence-electron chi connectivity index (χ0n) is 13.3. The summed E-state index contributed by atoms with van der Waals surface area (Å²) in [5.41, 5.74) is 1.29. The highest BCUT2D eigenvalue weighted by molar-refractivity contribution is 5.77. The highest BCUT2D eigenvalue weighted by Crippen LogP contribution is 2.17. The Balaban J connectivity index is 1.77. The maximum Gasteiger partial charge on any atom is 0.258 e. The molecule has 2 rings (SSSR count). The molecular formula is C18H20FNO3. The van der Waals surface area contributed by atoms with Crippen LogP contribution in [0, 0.1) is 12.7 Å². The molecule has 4 nitrogen and oxygen atoms in total. The summed E-state index contributed by atoms with van der Waals surface area (Å²) in [7, 11) is 0. The van der Waals surface area contributed by atoms with E-state index in [0.717, 1.165) is 5.75 Å². The van der Waals surface area contributed by atoms with Crippen LogP contribution < -0.4 is 14.8 Å². The van der Waals surface area contributed by atoms with Crippen molar-refractivity contribution >= 4 is 5.91 Å². The number of amides is 1. The van der Waals surface area contributed by atoms with Gasteiger partial charge >= 0.3 is 0 Å². The second-order valence-electron chi connectivity index (χ2n) is 5.05. The Hall–Kier alpha value is -2.56. The third-order valence-electron chi connectivity index (χ3n) is 3.23. The summed E-state index contributed by atoms with van der Waals surface area (Å²) in [6.07, 6.45) is 0. The monoisotopic (exact) mass is 317 g/mol. The van der Waals surface area contributed by atoms with Crippen molar-refractivity contribution in [1.29, 1.82) is 0 Å². The van der Waals surface area contributed by atoms with Gasteiger partial charge in [0.2, 0.25) is 0 Å². The van der Waals surface area contributed by atoms with Gasteiger partial charge < -0.3 is 14.8 Å². The second kappa shape index (κ2) is 8.17. The van der Waals surface area contributed by atoms with E-state index < -0.39 is 0 Å². The minimum Gasteiger partial charge on any atom is -0.494 e. The number of rotatable bonds is 7. The molecule has 0 aromatic heterocycles. The van der Waals surface area contributed by atoms with Crippen LogP contribution >= 0.6 is 0 Å². The molecule has 1 N–H and O–H groups in total. The molecular weight excluding hydrogens is 297 g/mol. The lowest BCUT2D eigenvalue weighted by molar-refractivity contribution is -0.123. The van der Waals surface area contributed by atoms with Crippen LogP contribution in [0.5, 0.6) is 11.5 Å². The molecule has 0 spiro atoms. The number of hydrogen-bond donors (Lipinski definition) is 1. The quantitative estimate of drug-likeness (QED) is 0.853. The smallest absolute Gasteiger partial charge is 0.258 e. The molecule has 0 aliphatic rings. The summed E-state index contributed by atoms with van der Waals surface area (Å²) in [4.78, 5) is 11.8. The van der Waals surface area contributed by atoms with E-state index >= 15 is 0 Å². The third-order valence-corrected chi connectivity index (χ3v) is 3.23. The molecule has 122 valence electrons. The van der Waals surface area contributed by atoms with E-state index in [4.69, 9.17) is 9.47 Å². The molecule has 1 amide bonds. The Morgan fingerprint density at radius 2 is 1.74 bits per heavy atom. The summed E-state index contributed by atoms with van der Waals surface area (Å²) >= 11 is 0. The minimum absolute atomic E-state index is 0.0949. The zero-order valence-corrected chi connectivity index (χ0v) is 13.3. The summed E-state index contributed by atoms with van der Waals surface area (Å²) in [5.74, 6) is 0.804. The van der Waals surface area contributed by atoms with E-state index in [2.05, 4.69) is 5.32 Å². The molecule has 0 heterocycles. The zero-order chi connectivity index (χ0) is 16.7. The average Bonchev–Trinajstić information content (AvgIpc) is 2.55. The van der Waals surface area contributed by atoms with Gasteiger partial charge in [-0.05, 0) is 55.3 Å². The van der Waals surface area contributed by atoms with Crippen LogP contribution in [0.25, 0.3) is 0 Å². The fourth-order valence-corrected chi connectivity index (χ4v) is 1.95. The Bertz CT molecular complexity index is 656. The first-order chi connectivity index (χ1) is 11.1. The van der Waals surface area contributed by atoms with Crippen LogP contribution in [0.15, 0.2) is 42.5 Å². The molecule has 0 fully saturated rings. The Kier molecular flexibility index (Phi) is 5.97. The van der Waals surface area contributed by atoms with E-state index in [-0.39, 0.29) is 24.9 Å². The maximum absolute atomic E-state index is 13.4. The van der Waals surface area contributed by atoms with Gasteiger partial charge in [-0.2, -0.15) is 0 Å². The molecule has 2 aromatic carbocycles. The summed E-state index contributed by atoms with van der Waals surface area (Å²) in [6, 6.07) is 11.9. The molecule has 0 atom stereocenters. The van der Waals surface area contributed by atoms with Gasteiger partial charge in [-0.3, -0.25) is 4.79 Å². The van der Waals surface area contributed by atoms with Crippen LogP contribution in [0.2, 0.25) is 0 Å². The topological polar surface area (TPSA) is 47.6 Å². The van der Waals surface area contributed by atoms with E-state index in [1.807, 2.05) is 6.92 Å². The molecule has 0 unspecified atom stereocenters. The summed E-state index contributed by atoms with van der Waals surface area (Å²) in [5, 5.41) is 2.69. The van der Waals surface area contributed by atoms with Crippen LogP contribution in [0.4, 0.5) is 4.39 Å². The van der Waals surface area contributed by atoms with Gasteiger partial charge in [-0.25, -0.2) is 4.39 Å². The first kappa shape index (κ1) is 16.8. The lowest BCUT2D eigenvalue weighted by Gasteiger charge is -2.09. The standard InChI is InChI=1S/C18H20FNO3/c1-3-22-15-6-8-16(9-7-15)23-12-18(21)20-11-14-5-4-13(2)17(19)10-14/h4-10H,3,11-12H2,1-2H3,(H,20,21). The predicted molar refractivity (Wildman–Crippen MR) is 86.1 cm³/mol. The second-order valence-corrected chi connectivity index (χ2v) is 5.05. The summed E-state index contributed by atoms with van der Waals surface area (Å²) in [6.45, 7) is 4.38. The van der Waals surface area contributed by atoms with Gasteiger partial charge in [-0.1, -0.05) is 12.1 Å². The maximum atomic E-state index is 13.4. The van der Waals surface area contributed by atoms with Crippen molar-refractivity contribution in [2.24, 2.45) is 0 Å². The van der Waals surface area contributed by atoms with E-state index in [1.165, 1.54) is 6.07 Å². The van der Waals surface area contributed by atoms with Crippen molar-refractivity contribution in [1.82, 2.24) is 5.32 Å². The molecule has 0 aliphatic heterocycles. The van der Waals surface area contributed by atoms with Crippen LogP contribution in [-0.4, -0.2) is 19.1 Å². The molecule has 23 heavy (non-hydrogen) atoms. The van der Waals surface area contributed by atoms with Crippen molar-refractivity contribution in [3.8, 4) is 11.5 Å². The Labute approximate surface area is 135 Å². The largest absolute Gasteiger partial charge is 0.494 e.